The van der Waals surface area contributed by atoms with E-state index in [-0.39, 0.29) is 17.9 Å². The minimum Gasteiger partial charge on any atom is -0.329 e. The topological polar surface area (TPSA) is 49.4 Å². The van der Waals surface area contributed by atoms with Crippen molar-refractivity contribution in [2.45, 2.75) is 25.4 Å². The molecule has 1 atom stereocenters. The highest BCUT2D eigenvalue weighted by Gasteiger charge is 2.37. The highest BCUT2D eigenvalue weighted by atomic mass is 16.2. The number of piperidine rings is 1. The predicted molar refractivity (Wildman–Crippen MR) is 66.6 cm³/mol. The second-order valence-corrected chi connectivity index (χ2v) is 4.74. The highest BCUT2D eigenvalue weighted by Crippen LogP contribution is 2.27. The number of nitrogens with zero attached hydrogens (tertiary/aromatic N) is 1. The van der Waals surface area contributed by atoms with E-state index in [4.69, 9.17) is 0 Å². The van der Waals surface area contributed by atoms with E-state index in [9.17, 15) is 9.59 Å². The van der Waals surface area contributed by atoms with Crippen LogP contribution in [0.1, 0.15) is 28.8 Å². The molecule has 92 valence electrons. The Morgan fingerprint density at radius 1 is 1.28 bits per heavy atom. The van der Waals surface area contributed by atoms with Crippen LogP contribution >= 0.6 is 0 Å². The van der Waals surface area contributed by atoms with Gasteiger partial charge in [0, 0.05) is 17.8 Å². The summed E-state index contributed by atoms with van der Waals surface area (Å²) in [4.78, 5) is 25.8. The fourth-order valence-electron chi connectivity index (χ4n) is 2.59. The van der Waals surface area contributed by atoms with Crippen molar-refractivity contribution in [3.63, 3.8) is 0 Å². The maximum absolute atomic E-state index is 12.2. The van der Waals surface area contributed by atoms with Gasteiger partial charge in [0.05, 0.1) is 0 Å². The zero-order valence-electron chi connectivity index (χ0n) is 9.98. The van der Waals surface area contributed by atoms with Crippen LogP contribution in [0.15, 0.2) is 36.5 Å². The molecule has 18 heavy (non-hydrogen) atoms. The Kier molecular flexibility index (Phi) is 2.44. The minimum absolute atomic E-state index is 0.0433. The van der Waals surface area contributed by atoms with Crippen LogP contribution in [-0.2, 0) is 11.3 Å². The molecule has 1 fully saturated rings. The molecule has 2 heterocycles. The number of amides is 2. The number of carbonyl (C=O) groups is 2. The number of hydrogen-bond acceptors (Lipinski definition) is 2. The Balaban J connectivity index is 1.86. The summed E-state index contributed by atoms with van der Waals surface area (Å²) in [6.07, 6.45) is 1.39. The van der Waals surface area contributed by atoms with E-state index in [1.54, 1.807) is 4.90 Å². The van der Waals surface area contributed by atoms with Gasteiger partial charge in [0.2, 0.25) is 5.91 Å². The van der Waals surface area contributed by atoms with Gasteiger partial charge in [-0.3, -0.25) is 9.59 Å². The zero-order chi connectivity index (χ0) is 12.7. The third-order valence-corrected chi connectivity index (χ3v) is 3.55. The maximum Gasteiger partial charge on any atom is 0.255 e. The average Bonchev–Trinajstić information content (AvgIpc) is 2.68. The van der Waals surface area contributed by atoms with Crippen molar-refractivity contribution in [1.82, 2.24) is 10.2 Å². The van der Waals surface area contributed by atoms with Gasteiger partial charge in [-0.15, -0.1) is 0 Å². The van der Waals surface area contributed by atoms with Crippen molar-refractivity contribution >= 4 is 11.8 Å². The fraction of sp³-hybridized carbons (Fsp3) is 0.286. The monoisotopic (exact) mass is 242 g/mol. The normalized spacial score (nSPS) is 23.0. The molecule has 0 saturated carbocycles. The molecular weight excluding hydrogens is 228 g/mol. The summed E-state index contributed by atoms with van der Waals surface area (Å²) in [5.41, 5.74) is 2.45. The second-order valence-electron chi connectivity index (χ2n) is 4.74. The Morgan fingerprint density at radius 2 is 2.06 bits per heavy atom. The smallest absolute Gasteiger partial charge is 0.255 e. The van der Waals surface area contributed by atoms with Crippen LogP contribution in [0, 0.1) is 0 Å². The Bertz CT molecular complexity index is 550. The number of nitrogens with one attached hydrogen (secondary N) is 1. The molecule has 1 N–H and O–H groups in total. The van der Waals surface area contributed by atoms with E-state index in [2.05, 4.69) is 11.9 Å². The van der Waals surface area contributed by atoms with Gasteiger partial charge in [-0.05, 0) is 24.5 Å². The standard InChI is InChI=1S/C14H14N2O2/c1-9-6-7-12(13(17)15-9)16-8-10-4-2-3-5-11(10)14(16)18/h2-5,12H,1,6-8H2,(H,15,17). The molecule has 2 aliphatic heterocycles. The van der Waals surface area contributed by atoms with E-state index in [0.717, 1.165) is 23.2 Å². The first kappa shape index (κ1) is 11.0. The number of allylic oxidation sites excluding steroid dienone is 1. The Morgan fingerprint density at radius 3 is 2.78 bits per heavy atom. The lowest BCUT2D eigenvalue weighted by Gasteiger charge is -2.30. The molecule has 1 aromatic rings. The van der Waals surface area contributed by atoms with E-state index in [1.807, 2.05) is 24.3 Å². The molecule has 0 aromatic heterocycles. The first-order chi connectivity index (χ1) is 8.66. The lowest BCUT2D eigenvalue weighted by Crippen LogP contribution is -2.49. The Hall–Kier alpha value is -2.10. The molecule has 1 aromatic carbocycles. The van der Waals surface area contributed by atoms with Crippen LogP contribution in [0.25, 0.3) is 0 Å². The van der Waals surface area contributed by atoms with Gasteiger partial charge >= 0.3 is 0 Å². The molecule has 0 spiro atoms. The van der Waals surface area contributed by atoms with Crippen LogP contribution in [0.3, 0.4) is 0 Å². The number of fused-ring (bicyclic) bond motifs is 1. The quantitative estimate of drug-likeness (QED) is 0.810. The molecule has 0 bridgehead atoms. The molecule has 3 rings (SSSR count). The molecule has 2 aliphatic rings. The van der Waals surface area contributed by atoms with Gasteiger partial charge in [0.25, 0.3) is 5.91 Å². The fourth-order valence-corrected chi connectivity index (χ4v) is 2.59. The van der Waals surface area contributed by atoms with Crippen molar-refractivity contribution in [1.29, 1.82) is 0 Å². The van der Waals surface area contributed by atoms with E-state index >= 15 is 0 Å². The van der Waals surface area contributed by atoms with E-state index in [0.29, 0.717) is 13.0 Å². The number of carbonyl (C=O) groups excluding carboxylic acids is 2. The van der Waals surface area contributed by atoms with Gasteiger partial charge in [-0.25, -0.2) is 0 Å². The first-order valence-electron chi connectivity index (χ1n) is 6.04. The van der Waals surface area contributed by atoms with Gasteiger partial charge < -0.3 is 10.2 Å². The summed E-state index contributed by atoms with van der Waals surface area (Å²) in [6, 6.07) is 7.15. The molecule has 1 saturated heterocycles. The molecule has 0 radical (unpaired) electrons. The zero-order valence-corrected chi connectivity index (χ0v) is 9.98. The van der Waals surface area contributed by atoms with Crippen LogP contribution in [0.2, 0.25) is 0 Å². The second kappa shape index (κ2) is 3.98. The van der Waals surface area contributed by atoms with Crippen LogP contribution in [-0.4, -0.2) is 22.8 Å². The number of rotatable bonds is 1. The lowest BCUT2D eigenvalue weighted by atomic mass is 10.0. The van der Waals surface area contributed by atoms with Crippen molar-refractivity contribution in [2.75, 3.05) is 0 Å². The molecule has 1 unspecified atom stereocenters. The molecule has 0 aliphatic carbocycles. The summed E-state index contributed by atoms with van der Waals surface area (Å²) in [7, 11) is 0. The van der Waals surface area contributed by atoms with E-state index in [1.165, 1.54) is 0 Å². The van der Waals surface area contributed by atoms with Crippen molar-refractivity contribution < 1.29 is 9.59 Å². The Labute approximate surface area is 105 Å². The average molecular weight is 242 g/mol. The number of hydrogen-bond donors (Lipinski definition) is 1. The first-order valence-corrected chi connectivity index (χ1v) is 6.04. The van der Waals surface area contributed by atoms with Crippen molar-refractivity contribution in [3.05, 3.63) is 47.7 Å². The van der Waals surface area contributed by atoms with Gasteiger partial charge in [-0.1, -0.05) is 24.8 Å². The molecule has 4 nitrogen and oxygen atoms in total. The molecule has 2 amide bonds. The van der Waals surface area contributed by atoms with Crippen LogP contribution < -0.4 is 5.32 Å². The molecule has 4 heteroatoms. The van der Waals surface area contributed by atoms with Crippen molar-refractivity contribution in [2.24, 2.45) is 0 Å². The number of benzene rings is 1. The summed E-state index contributed by atoms with van der Waals surface area (Å²) in [5, 5.41) is 2.73. The van der Waals surface area contributed by atoms with Gasteiger partial charge in [0.1, 0.15) is 6.04 Å². The third-order valence-electron chi connectivity index (χ3n) is 3.55. The summed E-state index contributed by atoms with van der Waals surface area (Å²) >= 11 is 0. The van der Waals surface area contributed by atoms with Crippen LogP contribution in [0.5, 0.6) is 0 Å². The maximum atomic E-state index is 12.2. The van der Waals surface area contributed by atoms with E-state index < -0.39 is 0 Å². The van der Waals surface area contributed by atoms with Gasteiger partial charge in [-0.2, -0.15) is 0 Å². The predicted octanol–water partition coefficient (Wildman–Crippen LogP) is 1.43. The van der Waals surface area contributed by atoms with Gasteiger partial charge in [0.15, 0.2) is 0 Å². The lowest BCUT2D eigenvalue weighted by molar-refractivity contribution is -0.126. The largest absolute Gasteiger partial charge is 0.329 e. The minimum atomic E-state index is -0.365. The van der Waals surface area contributed by atoms with Crippen molar-refractivity contribution in [3.8, 4) is 0 Å². The summed E-state index contributed by atoms with van der Waals surface area (Å²) in [5.74, 6) is -0.161. The van der Waals surface area contributed by atoms with Crippen LogP contribution in [0.4, 0.5) is 0 Å². The third kappa shape index (κ3) is 1.61. The SMILES string of the molecule is C=C1CCC(N2Cc3ccccc3C2=O)C(=O)N1. The summed E-state index contributed by atoms with van der Waals surface area (Å²) in [6.45, 7) is 4.28. The summed E-state index contributed by atoms with van der Waals surface area (Å²) < 4.78 is 0. The highest BCUT2D eigenvalue weighted by molar-refractivity contribution is 6.01. The molecular formula is C14H14N2O2.